The lowest BCUT2D eigenvalue weighted by Gasteiger charge is -2.37. The summed E-state index contributed by atoms with van der Waals surface area (Å²) in [6.45, 7) is 5.79. The number of nitrogens with zero attached hydrogens (tertiary/aromatic N) is 5. The van der Waals surface area contributed by atoms with Gasteiger partial charge >= 0.3 is 0 Å². The zero-order valence-corrected chi connectivity index (χ0v) is 17.1. The number of piperazine rings is 1. The van der Waals surface area contributed by atoms with E-state index >= 15 is 0 Å². The van der Waals surface area contributed by atoms with Crippen LogP contribution in [0.3, 0.4) is 0 Å². The standard InChI is InChI=1S/C23H25N5O/c1-16-8-9-18-17(14-16)21-22(26(18)2)23(25-15-24-21)28-12-10-27(11-13-28)19-6-4-5-7-20(19)29-3/h4-9,14-15H,10-13H2,1-3H3. The third kappa shape index (κ3) is 2.87. The van der Waals surface area contributed by atoms with Crippen molar-refractivity contribution >= 4 is 33.4 Å². The molecule has 5 rings (SSSR count). The van der Waals surface area contributed by atoms with Gasteiger partial charge in [0.15, 0.2) is 5.82 Å². The summed E-state index contributed by atoms with van der Waals surface area (Å²) in [5.74, 6) is 1.94. The van der Waals surface area contributed by atoms with E-state index in [4.69, 9.17) is 9.72 Å². The normalized spacial score (nSPS) is 14.7. The van der Waals surface area contributed by atoms with Crippen molar-refractivity contribution in [2.24, 2.45) is 7.05 Å². The first kappa shape index (κ1) is 17.8. The average molecular weight is 387 g/mol. The van der Waals surface area contributed by atoms with Crippen molar-refractivity contribution in [2.75, 3.05) is 43.1 Å². The summed E-state index contributed by atoms with van der Waals surface area (Å²) >= 11 is 0. The largest absolute Gasteiger partial charge is 0.495 e. The van der Waals surface area contributed by atoms with Gasteiger partial charge < -0.3 is 19.1 Å². The number of methoxy groups -OCH3 is 1. The summed E-state index contributed by atoms with van der Waals surface area (Å²) in [6.07, 6.45) is 1.70. The zero-order valence-electron chi connectivity index (χ0n) is 17.1. The van der Waals surface area contributed by atoms with E-state index in [2.05, 4.69) is 63.7 Å². The maximum atomic E-state index is 5.55. The number of hydrogen-bond acceptors (Lipinski definition) is 5. The summed E-state index contributed by atoms with van der Waals surface area (Å²) < 4.78 is 7.78. The van der Waals surface area contributed by atoms with Gasteiger partial charge in [0.25, 0.3) is 0 Å². The van der Waals surface area contributed by atoms with Crippen molar-refractivity contribution in [3.63, 3.8) is 0 Å². The van der Waals surface area contributed by atoms with Crippen LogP contribution in [0.4, 0.5) is 11.5 Å². The van der Waals surface area contributed by atoms with Crippen molar-refractivity contribution < 1.29 is 4.74 Å². The van der Waals surface area contributed by atoms with E-state index in [1.165, 1.54) is 16.5 Å². The number of ether oxygens (including phenoxy) is 1. The number of para-hydroxylation sites is 2. The molecule has 1 aliphatic rings. The van der Waals surface area contributed by atoms with Gasteiger partial charge in [0.1, 0.15) is 23.1 Å². The fourth-order valence-electron chi connectivity index (χ4n) is 4.41. The lowest BCUT2D eigenvalue weighted by Crippen LogP contribution is -2.47. The molecule has 0 spiro atoms. The number of anilines is 2. The second-order valence-corrected chi connectivity index (χ2v) is 7.62. The Morgan fingerprint density at radius 1 is 0.931 bits per heavy atom. The molecule has 2 aromatic heterocycles. The second kappa shape index (κ2) is 6.95. The van der Waals surface area contributed by atoms with Gasteiger partial charge in [-0.2, -0.15) is 0 Å². The highest BCUT2D eigenvalue weighted by Crippen LogP contribution is 2.34. The number of rotatable bonds is 3. The molecular formula is C23H25N5O. The number of aryl methyl sites for hydroxylation is 2. The van der Waals surface area contributed by atoms with Crippen LogP contribution < -0.4 is 14.5 Å². The predicted octanol–water partition coefficient (Wildman–Crippen LogP) is 3.77. The Bertz CT molecular complexity index is 1190. The summed E-state index contributed by atoms with van der Waals surface area (Å²) in [5.41, 5.74) is 5.74. The van der Waals surface area contributed by atoms with Gasteiger partial charge in [-0.3, -0.25) is 0 Å². The fourth-order valence-corrected chi connectivity index (χ4v) is 4.41. The van der Waals surface area contributed by atoms with Gasteiger partial charge in [-0.1, -0.05) is 23.8 Å². The zero-order chi connectivity index (χ0) is 20.0. The van der Waals surface area contributed by atoms with Gasteiger partial charge in [0, 0.05) is 38.6 Å². The van der Waals surface area contributed by atoms with Crippen molar-refractivity contribution in [1.82, 2.24) is 14.5 Å². The van der Waals surface area contributed by atoms with E-state index in [1.807, 2.05) is 12.1 Å². The summed E-state index contributed by atoms with van der Waals surface area (Å²) in [6, 6.07) is 14.8. The van der Waals surface area contributed by atoms with Crippen LogP contribution in [-0.2, 0) is 7.05 Å². The molecule has 4 aromatic rings. The van der Waals surface area contributed by atoms with E-state index in [1.54, 1.807) is 13.4 Å². The second-order valence-electron chi connectivity index (χ2n) is 7.62. The van der Waals surface area contributed by atoms with Gasteiger partial charge in [-0.25, -0.2) is 9.97 Å². The van der Waals surface area contributed by atoms with Crippen LogP contribution in [0.5, 0.6) is 5.75 Å². The number of aromatic nitrogens is 3. The first-order valence-corrected chi connectivity index (χ1v) is 10.00. The van der Waals surface area contributed by atoms with Gasteiger partial charge in [0.2, 0.25) is 0 Å². The Kier molecular flexibility index (Phi) is 4.27. The van der Waals surface area contributed by atoms with Crippen LogP contribution in [0.1, 0.15) is 5.56 Å². The van der Waals surface area contributed by atoms with E-state index in [0.717, 1.165) is 54.5 Å². The quantitative estimate of drug-likeness (QED) is 0.536. The summed E-state index contributed by atoms with van der Waals surface area (Å²) in [7, 11) is 3.84. The molecule has 1 fully saturated rings. The van der Waals surface area contributed by atoms with Crippen molar-refractivity contribution in [3.8, 4) is 5.75 Å². The van der Waals surface area contributed by atoms with Gasteiger partial charge in [0.05, 0.1) is 18.3 Å². The average Bonchev–Trinajstić information content (AvgIpc) is 3.05. The Labute approximate surface area is 170 Å². The van der Waals surface area contributed by atoms with E-state index in [-0.39, 0.29) is 0 Å². The van der Waals surface area contributed by atoms with E-state index in [9.17, 15) is 0 Å². The Hall–Kier alpha value is -3.28. The highest BCUT2D eigenvalue weighted by atomic mass is 16.5. The predicted molar refractivity (Wildman–Crippen MR) is 118 cm³/mol. The molecule has 6 heteroatoms. The third-order valence-electron chi connectivity index (χ3n) is 5.91. The van der Waals surface area contributed by atoms with Crippen LogP contribution in [0, 0.1) is 6.92 Å². The first-order valence-electron chi connectivity index (χ1n) is 10.00. The van der Waals surface area contributed by atoms with Crippen LogP contribution in [0.2, 0.25) is 0 Å². The van der Waals surface area contributed by atoms with E-state index in [0.29, 0.717) is 0 Å². The SMILES string of the molecule is COc1ccccc1N1CCN(c2ncnc3c4cc(C)ccc4n(C)c23)CC1. The number of hydrogen-bond donors (Lipinski definition) is 0. The maximum absolute atomic E-state index is 5.55. The van der Waals surface area contributed by atoms with Gasteiger partial charge in [-0.15, -0.1) is 0 Å². The van der Waals surface area contributed by atoms with Crippen LogP contribution >= 0.6 is 0 Å². The number of benzene rings is 2. The maximum Gasteiger partial charge on any atom is 0.156 e. The lowest BCUT2D eigenvalue weighted by molar-refractivity contribution is 0.413. The monoisotopic (exact) mass is 387 g/mol. The molecule has 0 N–H and O–H groups in total. The minimum atomic E-state index is 0.907. The molecule has 0 aliphatic carbocycles. The molecule has 0 amide bonds. The smallest absolute Gasteiger partial charge is 0.156 e. The highest BCUT2D eigenvalue weighted by molar-refractivity contribution is 6.09. The summed E-state index contributed by atoms with van der Waals surface area (Å²) in [4.78, 5) is 14.1. The first-order chi connectivity index (χ1) is 14.2. The van der Waals surface area contributed by atoms with Gasteiger partial charge in [-0.05, 0) is 31.2 Å². The Balaban J connectivity index is 1.49. The molecule has 2 aromatic carbocycles. The number of fused-ring (bicyclic) bond motifs is 3. The molecule has 1 aliphatic heterocycles. The fraction of sp³-hybridized carbons (Fsp3) is 0.304. The van der Waals surface area contributed by atoms with Crippen LogP contribution in [0.25, 0.3) is 21.9 Å². The topological polar surface area (TPSA) is 46.4 Å². The van der Waals surface area contributed by atoms with Crippen LogP contribution in [-0.4, -0.2) is 47.8 Å². The molecular weight excluding hydrogens is 362 g/mol. The Morgan fingerprint density at radius 2 is 1.69 bits per heavy atom. The third-order valence-corrected chi connectivity index (χ3v) is 5.91. The molecule has 148 valence electrons. The molecule has 0 unspecified atom stereocenters. The molecule has 0 atom stereocenters. The molecule has 3 heterocycles. The molecule has 0 radical (unpaired) electrons. The highest BCUT2D eigenvalue weighted by Gasteiger charge is 2.24. The van der Waals surface area contributed by atoms with Crippen LogP contribution in [0.15, 0.2) is 48.8 Å². The minimum Gasteiger partial charge on any atom is -0.495 e. The van der Waals surface area contributed by atoms with Crippen molar-refractivity contribution in [3.05, 3.63) is 54.4 Å². The molecule has 29 heavy (non-hydrogen) atoms. The molecule has 0 bridgehead atoms. The Morgan fingerprint density at radius 3 is 2.48 bits per heavy atom. The lowest BCUT2D eigenvalue weighted by atomic mass is 10.1. The van der Waals surface area contributed by atoms with E-state index < -0.39 is 0 Å². The van der Waals surface area contributed by atoms with Crippen molar-refractivity contribution in [1.29, 1.82) is 0 Å². The molecule has 6 nitrogen and oxygen atoms in total. The molecule has 1 saturated heterocycles. The molecule has 0 saturated carbocycles. The minimum absolute atomic E-state index is 0.907. The summed E-state index contributed by atoms with van der Waals surface area (Å²) in [5, 5.41) is 1.19. The van der Waals surface area contributed by atoms with Crippen molar-refractivity contribution in [2.45, 2.75) is 6.92 Å².